The van der Waals surface area contributed by atoms with Crippen molar-refractivity contribution in [3.05, 3.63) is 0 Å². The smallest absolute Gasteiger partial charge is 0.305 e. The van der Waals surface area contributed by atoms with E-state index in [0.29, 0.717) is 13.1 Å². The molecule has 1 fully saturated rings. The number of rotatable bonds is 4. The van der Waals surface area contributed by atoms with Gasteiger partial charge in [0.25, 0.3) is 0 Å². The van der Waals surface area contributed by atoms with Gasteiger partial charge in [-0.2, -0.15) is 0 Å². The van der Waals surface area contributed by atoms with Gasteiger partial charge in [-0.25, -0.2) is 0 Å². The van der Waals surface area contributed by atoms with Gasteiger partial charge in [-0.15, -0.1) is 0 Å². The fourth-order valence-electron chi connectivity index (χ4n) is 2.11. The van der Waals surface area contributed by atoms with Gasteiger partial charge in [0.2, 0.25) is 5.91 Å². The van der Waals surface area contributed by atoms with E-state index in [0.717, 1.165) is 12.8 Å². The van der Waals surface area contributed by atoms with Crippen molar-refractivity contribution in [2.24, 2.45) is 11.7 Å². The predicted octanol–water partition coefficient (Wildman–Crippen LogP) is -0.592. The molecule has 0 saturated carbocycles. The number of carbonyl (C=O) groups excluding carboxylic acids is 1. The van der Waals surface area contributed by atoms with Gasteiger partial charge in [0.15, 0.2) is 0 Å². The van der Waals surface area contributed by atoms with Crippen molar-refractivity contribution in [1.29, 1.82) is 0 Å². The van der Waals surface area contributed by atoms with Crippen LogP contribution in [0.5, 0.6) is 0 Å². The third-order valence-corrected chi connectivity index (χ3v) is 3.25. The predicted molar refractivity (Wildman–Crippen MR) is 61.2 cm³/mol. The number of aliphatic hydroxyl groups is 1. The van der Waals surface area contributed by atoms with Crippen LogP contribution in [0.2, 0.25) is 0 Å². The van der Waals surface area contributed by atoms with Gasteiger partial charge in [0.05, 0.1) is 18.6 Å². The molecule has 6 heteroatoms. The first kappa shape index (κ1) is 13.9. The number of hydrogen-bond acceptors (Lipinski definition) is 4. The molecule has 17 heavy (non-hydrogen) atoms. The van der Waals surface area contributed by atoms with Crippen LogP contribution < -0.4 is 5.73 Å². The molecule has 98 valence electrons. The lowest BCUT2D eigenvalue weighted by Gasteiger charge is -2.34. The van der Waals surface area contributed by atoms with E-state index in [2.05, 4.69) is 0 Å². The largest absolute Gasteiger partial charge is 0.481 e. The number of piperidine rings is 1. The Labute approximate surface area is 100 Å². The molecular formula is C11H20N2O4. The van der Waals surface area contributed by atoms with Gasteiger partial charge in [0.1, 0.15) is 0 Å². The Morgan fingerprint density at radius 3 is 2.35 bits per heavy atom. The van der Waals surface area contributed by atoms with Crippen molar-refractivity contribution in [3.63, 3.8) is 0 Å². The molecule has 0 aromatic carbocycles. The summed E-state index contributed by atoms with van der Waals surface area (Å²) in [4.78, 5) is 23.8. The van der Waals surface area contributed by atoms with Crippen molar-refractivity contribution in [1.82, 2.24) is 4.90 Å². The molecule has 1 rings (SSSR count). The number of aliphatic carboxylic acids is 1. The molecule has 0 bridgehead atoms. The van der Waals surface area contributed by atoms with E-state index in [1.54, 1.807) is 11.8 Å². The summed E-state index contributed by atoms with van der Waals surface area (Å²) < 4.78 is 0. The van der Waals surface area contributed by atoms with E-state index in [9.17, 15) is 14.7 Å². The molecule has 6 nitrogen and oxygen atoms in total. The lowest BCUT2D eigenvalue weighted by Crippen LogP contribution is -2.48. The first-order chi connectivity index (χ1) is 7.91. The van der Waals surface area contributed by atoms with Crippen LogP contribution in [0.25, 0.3) is 0 Å². The number of carboxylic acid groups (broad SMARTS) is 1. The molecule has 1 aliphatic rings. The maximum Gasteiger partial charge on any atom is 0.305 e. The molecule has 2 atom stereocenters. The molecule has 1 saturated heterocycles. The maximum atomic E-state index is 11.8. The number of amides is 1. The van der Waals surface area contributed by atoms with Crippen LogP contribution in [0.1, 0.15) is 26.2 Å². The summed E-state index contributed by atoms with van der Waals surface area (Å²) in [6, 6.07) is -0.962. The Bertz CT molecular complexity index is 285. The highest BCUT2D eigenvalue weighted by Crippen LogP contribution is 2.20. The fourth-order valence-corrected chi connectivity index (χ4v) is 2.11. The molecular weight excluding hydrogens is 224 g/mol. The Morgan fingerprint density at radius 2 is 1.94 bits per heavy atom. The van der Waals surface area contributed by atoms with E-state index in [1.807, 2.05) is 0 Å². The van der Waals surface area contributed by atoms with Gasteiger partial charge in [0, 0.05) is 13.1 Å². The zero-order valence-corrected chi connectivity index (χ0v) is 10.0. The highest BCUT2D eigenvalue weighted by molar-refractivity contribution is 5.86. The molecule has 0 aromatic rings. The van der Waals surface area contributed by atoms with Crippen LogP contribution in [-0.4, -0.2) is 52.2 Å². The average Bonchev–Trinajstić information content (AvgIpc) is 2.27. The number of nitrogens with two attached hydrogens (primary N) is 1. The van der Waals surface area contributed by atoms with E-state index in [1.165, 1.54) is 0 Å². The zero-order valence-electron chi connectivity index (χ0n) is 10.0. The number of aliphatic hydroxyl groups excluding tert-OH is 1. The summed E-state index contributed by atoms with van der Waals surface area (Å²) in [5.74, 6) is -1.16. The van der Waals surface area contributed by atoms with Gasteiger partial charge in [-0.3, -0.25) is 9.59 Å². The second kappa shape index (κ2) is 5.97. The summed E-state index contributed by atoms with van der Waals surface area (Å²) in [5, 5.41) is 18.0. The Kier molecular flexibility index (Phi) is 4.89. The van der Waals surface area contributed by atoms with Crippen LogP contribution in [-0.2, 0) is 9.59 Å². The highest BCUT2D eigenvalue weighted by atomic mass is 16.4. The second-order valence-electron chi connectivity index (χ2n) is 4.61. The molecule has 1 amide bonds. The topological polar surface area (TPSA) is 104 Å². The minimum absolute atomic E-state index is 0.217. The zero-order chi connectivity index (χ0) is 13.0. The van der Waals surface area contributed by atoms with Gasteiger partial charge in [-0.05, 0) is 25.7 Å². The van der Waals surface area contributed by atoms with E-state index >= 15 is 0 Å². The van der Waals surface area contributed by atoms with E-state index in [-0.39, 0.29) is 24.3 Å². The van der Waals surface area contributed by atoms with Gasteiger partial charge in [-0.1, -0.05) is 0 Å². The van der Waals surface area contributed by atoms with Crippen molar-refractivity contribution in [3.8, 4) is 0 Å². The summed E-state index contributed by atoms with van der Waals surface area (Å²) in [7, 11) is 0. The van der Waals surface area contributed by atoms with E-state index in [4.69, 9.17) is 10.8 Å². The lowest BCUT2D eigenvalue weighted by molar-refractivity contribution is -0.142. The number of carbonyl (C=O) groups is 2. The van der Waals surface area contributed by atoms with Crippen molar-refractivity contribution in [2.45, 2.75) is 38.3 Å². The standard InChI is InChI=1S/C11H20N2O4/c1-7(14)8-2-4-13(5-3-8)11(17)9(12)6-10(15)16/h7-9,14H,2-6,12H2,1H3,(H,15,16). The van der Waals surface area contributed by atoms with E-state index < -0.39 is 12.0 Å². The van der Waals surface area contributed by atoms with Gasteiger partial charge >= 0.3 is 5.97 Å². The minimum Gasteiger partial charge on any atom is -0.481 e. The summed E-state index contributed by atoms with van der Waals surface area (Å²) in [6.45, 7) is 2.84. The monoisotopic (exact) mass is 244 g/mol. The molecule has 0 radical (unpaired) electrons. The molecule has 0 spiro atoms. The van der Waals surface area contributed by atoms with Crippen molar-refractivity contribution >= 4 is 11.9 Å². The normalized spacial score (nSPS) is 21.0. The fraction of sp³-hybridized carbons (Fsp3) is 0.818. The first-order valence-electron chi connectivity index (χ1n) is 5.86. The minimum atomic E-state index is -1.07. The Balaban J connectivity index is 2.43. The second-order valence-corrected chi connectivity index (χ2v) is 4.61. The van der Waals surface area contributed by atoms with Crippen LogP contribution in [0, 0.1) is 5.92 Å². The summed E-state index contributed by atoms with van der Waals surface area (Å²) in [6.07, 6.45) is 0.779. The number of nitrogens with zero attached hydrogens (tertiary/aromatic N) is 1. The molecule has 1 heterocycles. The Hall–Kier alpha value is -1.14. The van der Waals surface area contributed by atoms with Crippen LogP contribution in [0.3, 0.4) is 0 Å². The first-order valence-corrected chi connectivity index (χ1v) is 5.86. The quantitative estimate of drug-likeness (QED) is 0.613. The maximum absolute atomic E-state index is 11.8. The van der Waals surface area contributed by atoms with Crippen molar-refractivity contribution in [2.75, 3.05) is 13.1 Å². The molecule has 2 unspecified atom stereocenters. The Morgan fingerprint density at radius 1 is 1.41 bits per heavy atom. The summed E-state index contributed by atoms with van der Waals surface area (Å²) in [5.41, 5.74) is 5.52. The van der Waals surface area contributed by atoms with Crippen LogP contribution in [0.4, 0.5) is 0 Å². The molecule has 0 aliphatic carbocycles. The highest BCUT2D eigenvalue weighted by Gasteiger charge is 2.28. The third-order valence-electron chi connectivity index (χ3n) is 3.25. The lowest BCUT2D eigenvalue weighted by atomic mass is 9.92. The number of hydrogen-bond donors (Lipinski definition) is 3. The van der Waals surface area contributed by atoms with Crippen LogP contribution in [0.15, 0.2) is 0 Å². The average molecular weight is 244 g/mol. The third kappa shape index (κ3) is 3.98. The molecule has 1 aliphatic heterocycles. The SMILES string of the molecule is CC(O)C1CCN(C(=O)C(N)CC(=O)O)CC1. The van der Waals surface area contributed by atoms with Crippen LogP contribution >= 0.6 is 0 Å². The number of likely N-dealkylation sites (tertiary alicyclic amines) is 1. The molecule has 4 N–H and O–H groups in total. The summed E-state index contributed by atoms with van der Waals surface area (Å²) >= 11 is 0. The van der Waals surface area contributed by atoms with Gasteiger partial charge < -0.3 is 20.8 Å². The number of carboxylic acids is 1. The molecule has 0 aromatic heterocycles. The van der Waals surface area contributed by atoms with Crippen molar-refractivity contribution < 1.29 is 19.8 Å².